The van der Waals surface area contributed by atoms with Gasteiger partial charge < -0.3 is 19.3 Å². The molecule has 0 radical (unpaired) electrons. The van der Waals surface area contributed by atoms with E-state index in [1.807, 2.05) is 20.8 Å². The van der Waals surface area contributed by atoms with E-state index in [1.54, 1.807) is 0 Å². The van der Waals surface area contributed by atoms with E-state index in [1.165, 1.54) is 12.8 Å². The second-order valence-corrected chi connectivity index (χ2v) is 5.37. The third kappa shape index (κ3) is 11.4. The van der Waals surface area contributed by atoms with E-state index < -0.39 is 0 Å². The Morgan fingerprint density at radius 2 is 1.42 bits per heavy atom. The third-order valence-electron chi connectivity index (χ3n) is 2.92. The standard InChI is InChI=1S/C15H32O4/c1-6-7-8-12(2)19-15(5)11-18-14(4)10-17-13(3)9-16/h12-16H,6-11H2,1-5H3. The molecule has 0 spiro atoms. The summed E-state index contributed by atoms with van der Waals surface area (Å²) in [5.74, 6) is 0. The van der Waals surface area contributed by atoms with Crippen molar-refractivity contribution in [3.8, 4) is 0 Å². The van der Waals surface area contributed by atoms with Gasteiger partial charge in [0.1, 0.15) is 0 Å². The minimum atomic E-state index is -0.131. The molecule has 0 aliphatic carbocycles. The Bertz CT molecular complexity index is 199. The fraction of sp³-hybridized carbons (Fsp3) is 1.00. The highest BCUT2D eigenvalue weighted by Crippen LogP contribution is 2.08. The van der Waals surface area contributed by atoms with Crippen LogP contribution in [0.4, 0.5) is 0 Å². The Labute approximate surface area is 118 Å². The molecule has 0 rings (SSSR count). The molecule has 116 valence electrons. The lowest BCUT2D eigenvalue weighted by Crippen LogP contribution is -2.27. The van der Waals surface area contributed by atoms with Gasteiger partial charge in [-0.1, -0.05) is 19.8 Å². The van der Waals surface area contributed by atoms with Crippen LogP contribution in [0.5, 0.6) is 0 Å². The maximum absolute atomic E-state index is 8.85. The third-order valence-corrected chi connectivity index (χ3v) is 2.92. The van der Waals surface area contributed by atoms with Gasteiger partial charge in [0.15, 0.2) is 0 Å². The summed E-state index contributed by atoms with van der Waals surface area (Å²) >= 11 is 0. The van der Waals surface area contributed by atoms with Crippen molar-refractivity contribution < 1.29 is 19.3 Å². The Balaban J connectivity index is 3.62. The van der Waals surface area contributed by atoms with Crippen molar-refractivity contribution in [2.45, 2.75) is 78.3 Å². The summed E-state index contributed by atoms with van der Waals surface area (Å²) in [6.45, 7) is 11.3. The number of unbranched alkanes of at least 4 members (excludes halogenated alkanes) is 1. The summed E-state index contributed by atoms with van der Waals surface area (Å²) in [6, 6.07) is 0. The summed E-state index contributed by atoms with van der Waals surface area (Å²) in [5.41, 5.74) is 0. The Morgan fingerprint density at radius 1 is 0.842 bits per heavy atom. The van der Waals surface area contributed by atoms with E-state index in [0.29, 0.717) is 19.3 Å². The first-order valence-corrected chi connectivity index (χ1v) is 7.49. The van der Waals surface area contributed by atoms with Crippen molar-refractivity contribution in [2.75, 3.05) is 19.8 Å². The van der Waals surface area contributed by atoms with Gasteiger partial charge in [0, 0.05) is 0 Å². The minimum absolute atomic E-state index is 0.0194. The topological polar surface area (TPSA) is 47.9 Å². The molecule has 0 fully saturated rings. The average Bonchev–Trinajstić information content (AvgIpc) is 2.39. The fourth-order valence-electron chi connectivity index (χ4n) is 1.70. The maximum atomic E-state index is 8.85. The van der Waals surface area contributed by atoms with Gasteiger partial charge in [0.2, 0.25) is 0 Å². The molecule has 0 aliphatic rings. The van der Waals surface area contributed by atoms with Gasteiger partial charge in [-0.2, -0.15) is 0 Å². The highest BCUT2D eigenvalue weighted by molar-refractivity contribution is 4.57. The van der Waals surface area contributed by atoms with E-state index in [-0.39, 0.29) is 24.9 Å². The van der Waals surface area contributed by atoms with Crippen molar-refractivity contribution in [2.24, 2.45) is 0 Å². The summed E-state index contributed by atoms with van der Waals surface area (Å²) in [5, 5.41) is 8.85. The molecule has 0 aromatic carbocycles. The summed E-state index contributed by atoms with van der Waals surface area (Å²) in [4.78, 5) is 0. The Kier molecular flexibility index (Phi) is 11.6. The molecule has 19 heavy (non-hydrogen) atoms. The van der Waals surface area contributed by atoms with Gasteiger partial charge in [0.25, 0.3) is 0 Å². The van der Waals surface area contributed by atoms with Gasteiger partial charge in [-0.25, -0.2) is 0 Å². The van der Waals surface area contributed by atoms with Crippen molar-refractivity contribution in [3.05, 3.63) is 0 Å². The van der Waals surface area contributed by atoms with Crippen LogP contribution in [0.1, 0.15) is 53.9 Å². The van der Waals surface area contributed by atoms with Gasteiger partial charge in [-0.15, -0.1) is 0 Å². The predicted molar refractivity (Wildman–Crippen MR) is 77.4 cm³/mol. The van der Waals surface area contributed by atoms with Gasteiger partial charge in [-0.05, 0) is 34.1 Å². The van der Waals surface area contributed by atoms with Crippen molar-refractivity contribution in [1.82, 2.24) is 0 Å². The number of ether oxygens (including phenoxy) is 3. The zero-order valence-electron chi connectivity index (χ0n) is 13.2. The quantitative estimate of drug-likeness (QED) is 0.595. The lowest BCUT2D eigenvalue weighted by molar-refractivity contribution is -0.0878. The van der Waals surface area contributed by atoms with E-state index in [2.05, 4.69) is 13.8 Å². The molecular formula is C15H32O4. The molecule has 0 saturated heterocycles. The molecular weight excluding hydrogens is 244 g/mol. The fourth-order valence-corrected chi connectivity index (χ4v) is 1.70. The van der Waals surface area contributed by atoms with Crippen LogP contribution in [0.15, 0.2) is 0 Å². The molecule has 4 heteroatoms. The van der Waals surface area contributed by atoms with E-state index in [0.717, 1.165) is 6.42 Å². The summed E-state index contributed by atoms with van der Waals surface area (Å²) < 4.78 is 16.9. The number of hydrogen-bond acceptors (Lipinski definition) is 4. The van der Waals surface area contributed by atoms with E-state index >= 15 is 0 Å². The molecule has 0 heterocycles. The smallest absolute Gasteiger partial charge is 0.0784 e. The van der Waals surface area contributed by atoms with E-state index in [9.17, 15) is 0 Å². The van der Waals surface area contributed by atoms with Gasteiger partial charge in [-0.3, -0.25) is 0 Å². The van der Waals surface area contributed by atoms with Gasteiger partial charge >= 0.3 is 0 Å². The molecule has 0 aromatic rings. The van der Waals surface area contributed by atoms with Gasteiger partial charge in [0.05, 0.1) is 44.2 Å². The molecule has 0 aromatic heterocycles. The largest absolute Gasteiger partial charge is 0.394 e. The van der Waals surface area contributed by atoms with Crippen LogP contribution < -0.4 is 0 Å². The lowest BCUT2D eigenvalue weighted by Gasteiger charge is -2.22. The first-order chi connectivity index (χ1) is 8.99. The zero-order valence-corrected chi connectivity index (χ0v) is 13.2. The van der Waals surface area contributed by atoms with Crippen molar-refractivity contribution >= 4 is 0 Å². The second-order valence-electron chi connectivity index (χ2n) is 5.37. The average molecular weight is 276 g/mol. The first kappa shape index (κ1) is 18.8. The van der Waals surface area contributed by atoms with E-state index in [4.69, 9.17) is 19.3 Å². The predicted octanol–water partition coefficient (Wildman–Crippen LogP) is 2.77. The maximum Gasteiger partial charge on any atom is 0.0784 e. The molecule has 4 nitrogen and oxygen atoms in total. The monoisotopic (exact) mass is 276 g/mol. The molecule has 0 bridgehead atoms. The molecule has 0 aliphatic heterocycles. The van der Waals surface area contributed by atoms with Crippen LogP contribution in [0.2, 0.25) is 0 Å². The van der Waals surface area contributed by atoms with Crippen LogP contribution in [-0.2, 0) is 14.2 Å². The first-order valence-electron chi connectivity index (χ1n) is 7.49. The molecule has 0 saturated carbocycles. The van der Waals surface area contributed by atoms with Crippen LogP contribution in [0.3, 0.4) is 0 Å². The zero-order chi connectivity index (χ0) is 14.7. The van der Waals surface area contributed by atoms with Crippen molar-refractivity contribution in [3.63, 3.8) is 0 Å². The van der Waals surface area contributed by atoms with Crippen molar-refractivity contribution in [1.29, 1.82) is 0 Å². The van der Waals surface area contributed by atoms with Crippen LogP contribution in [0.25, 0.3) is 0 Å². The molecule has 0 amide bonds. The highest BCUT2D eigenvalue weighted by Gasteiger charge is 2.11. The SMILES string of the molecule is CCCCC(C)OC(C)COC(C)COC(C)CO. The molecule has 4 unspecified atom stereocenters. The summed E-state index contributed by atoms with van der Waals surface area (Å²) in [6.07, 6.45) is 3.80. The second kappa shape index (κ2) is 11.6. The number of aliphatic hydroxyl groups is 1. The number of hydrogen-bond donors (Lipinski definition) is 1. The molecule has 1 N–H and O–H groups in total. The lowest BCUT2D eigenvalue weighted by atomic mass is 10.2. The van der Waals surface area contributed by atoms with Crippen LogP contribution in [0, 0.1) is 0 Å². The van der Waals surface area contributed by atoms with Crippen LogP contribution in [-0.4, -0.2) is 49.3 Å². The molecule has 4 atom stereocenters. The summed E-state index contributed by atoms with van der Waals surface area (Å²) in [7, 11) is 0. The number of aliphatic hydroxyl groups excluding tert-OH is 1. The Morgan fingerprint density at radius 3 is 2.00 bits per heavy atom. The highest BCUT2D eigenvalue weighted by atomic mass is 16.6. The minimum Gasteiger partial charge on any atom is -0.394 e. The van der Waals surface area contributed by atoms with Crippen LogP contribution >= 0.6 is 0 Å². The Hall–Kier alpha value is -0.160. The normalized spacial score (nSPS) is 18.0. The number of rotatable bonds is 12.